The van der Waals surface area contributed by atoms with Gasteiger partial charge in [-0.25, -0.2) is 0 Å². The van der Waals surface area contributed by atoms with Crippen LogP contribution in [0.1, 0.15) is 92.9 Å². The van der Waals surface area contributed by atoms with Gasteiger partial charge in [-0.2, -0.15) is 0 Å². The van der Waals surface area contributed by atoms with Gasteiger partial charge in [-0.05, 0) is 92.3 Å². The Balaban J connectivity index is 1.74. The van der Waals surface area contributed by atoms with Crippen LogP contribution in [0.25, 0.3) is 0 Å². The predicted molar refractivity (Wildman–Crippen MR) is 126 cm³/mol. The van der Waals surface area contributed by atoms with Crippen LogP contribution in [0.15, 0.2) is 35.5 Å². The normalized spacial score (nSPS) is 40.7. The van der Waals surface area contributed by atoms with Crippen LogP contribution in [0, 0.1) is 40.9 Å². The molecule has 7 atom stereocenters. The van der Waals surface area contributed by atoms with E-state index in [1.807, 2.05) is 0 Å². The highest BCUT2D eigenvalue weighted by Gasteiger charge is 2.50. The summed E-state index contributed by atoms with van der Waals surface area (Å²) < 4.78 is 0. The van der Waals surface area contributed by atoms with Crippen LogP contribution in [0.4, 0.5) is 0 Å². The number of allylic oxidation sites excluding steroid dienone is 5. The lowest BCUT2D eigenvalue weighted by Crippen LogP contribution is -2.35. The zero-order valence-corrected chi connectivity index (χ0v) is 20.0. The summed E-state index contributed by atoms with van der Waals surface area (Å²) in [5.74, 6) is 4.29. The van der Waals surface area contributed by atoms with Gasteiger partial charge in [0.1, 0.15) is 0 Å². The molecule has 164 valence electrons. The van der Waals surface area contributed by atoms with E-state index in [9.17, 15) is 5.11 Å². The summed E-state index contributed by atoms with van der Waals surface area (Å²) in [6, 6.07) is 0. The first-order valence-electron chi connectivity index (χ1n) is 12.5. The highest BCUT2D eigenvalue weighted by atomic mass is 16.3. The molecule has 3 aliphatic carbocycles. The van der Waals surface area contributed by atoms with Gasteiger partial charge in [0.2, 0.25) is 0 Å². The lowest BCUT2D eigenvalue weighted by atomic mass is 9.61. The Kier molecular flexibility index (Phi) is 7.52. The number of hydrogen-bond acceptors (Lipinski definition) is 1. The molecule has 3 saturated carbocycles. The van der Waals surface area contributed by atoms with E-state index in [1.165, 1.54) is 37.7 Å². The van der Waals surface area contributed by atoms with Crippen molar-refractivity contribution in [1.29, 1.82) is 0 Å². The first-order valence-corrected chi connectivity index (χ1v) is 12.5. The van der Waals surface area contributed by atoms with Gasteiger partial charge >= 0.3 is 0 Å². The molecule has 0 amide bonds. The van der Waals surface area contributed by atoms with Crippen LogP contribution in [-0.2, 0) is 0 Å². The molecule has 0 radical (unpaired) electrons. The van der Waals surface area contributed by atoms with Crippen LogP contribution in [0.3, 0.4) is 0 Å². The average Bonchev–Trinajstić information content (AvgIpc) is 3.04. The van der Waals surface area contributed by atoms with Crippen molar-refractivity contribution >= 4 is 0 Å². The van der Waals surface area contributed by atoms with E-state index >= 15 is 0 Å². The summed E-state index contributed by atoms with van der Waals surface area (Å²) in [5, 5.41) is 10.1. The van der Waals surface area contributed by atoms with Gasteiger partial charge in [0.05, 0.1) is 6.10 Å². The minimum Gasteiger partial charge on any atom is -0.393 e. The van der Waals surface area contributed by atoms with Crippen molar-refractivity contribution in [3.63, 3.8) is 0 Å². The number of aliphatic hydroxyl groups excluding tert-OH is 1. The fourth-order valence-electron chi connectivity index (χ4n) is 6.50. The summed E-state index contributed by atoms with van der Waals surface area (Å²) in [6.45, 7) is 14.4. The molecule has 7 unspecified atom stereocenters. The molecule has 0 aromatic rings. The molecule has 3 rings (SSSR count). The van der Waals surface area contributed by atoms with E-state index < -0.39 is 0 Å². The minimum atomic E-state index is -0.121. The topological polar surface area (TPSA) is 20.2 Å². The van der Waals surface area contributed by atoms with Crippen molar-refractivity contribution in [2.24, 2.45) is 40.9 Å². The Morgan fingerprint density at radius 3 is 2.41 bits per heavy atom. The van der Waals surface area contributed by atoms with E-state index in [0.29, 0.717) is 23.2 Å². The first kappa shape index (κ1) is 22.9. The number of hydrogen-bond donors (Lipinski definition) is 1. The van der Waals surface area contributed by atoms with Crippen molar-refractivity contribution in [2.45, 2.75) is 99.0 Å². The summed E-state index contributed by atoms with van der Waals surface area (Å²) in [7, 11) is 0. The summed E-state index contributed by atoms with van der Waals surface area (Å²) in [5.41, 5.74) is 3.63. The lowest BCUT2D eigenvalue weighted by molar-refractivity contribution is 0.112. The molecule has 3 aliphatic rings. The molecule has 3 fully saturated rings. The van der Waals surface area contributed by atoms with Gasteiger partial charge in [0.15, 0.2) is 0 Å². The number of rotatable bonds is 5. The van der Waals surface area contributed by atoms with Crippen molar-refractivity contribution < 1.29 is 5.11 Å². The van der Waals surface area contributed by atoms with Crippen LogP contribution < -0.4 is 0 Å². The quantitative estimate of drug-likeness (QED) is 0.470. The maximum Gasteiger partial charge on any atom is 0.0577 e. The zero-order chi connectivity index (χ0) is 21.2. The molecule has 0 aromatic carbocycles. The Morgan fingerprint density at radius 1 is 0.966 bits per heavy atom. The largest absolute Gasteiger partial charge is 0.393 e. The maximum atomic E-state index is 10.1. The second-order valence-electron chi connectivity index (χ2n) is 11.3. The summed E-state index contributed by atoms with van der Waals surface area (Å²) in [6.07, 6.45) is 19.5. The molecule has 1 nitrogen and oxygen atoms in total. The van der Waals surface area contributed by atoms with Crippen molar-refractivity contribution in [3.05, 3.63) is 35.5 Å². The molecule has 0 heterocycles. The molecule has 0 aromatic heterocycles. The van der Waals surface area contributed by atoms with Crippen LogP contribution in [-0.4, -0.2) is 11.2 Å². The van der Waals surface area contributed by atoms with Crippen molar-refractivity contribution in [3.8, 4) is 0 Å². The van der Waals surface area contributed by atoms with Gasteiger partial charge < -0.3 is 5.11 Å². The highest BCUT2D eigenvalue weighted by Crippen LogP contribution is 2.59. The third kappa shape index (κ3) is 5.09. The number of fused-ring (bicyclic) bond motifs is 1. The molecule has 1 N–H and O–H groups in total. The second-order valence-corrected chi connectivity index (χ2v) is 11.3. The van der Waals surface area contributed by atoms with Gasteiger partial charge in [-0.15, -0.1) is 0 Å². The second kappa shape index (κ2) is 9.54. The zero-order valence-electron chi connectivity index (χ0n) is 20.0. The van der Waals surface area contributed by atoms with Crippen LogP contribution in [0.2, 0.25) is 0 Å². The average molecular weight is 399 g/mol. The molecule has 1 heteroatoms. The molecule has 29 heavy (non-hydrogen) atoms. The molecule has 0 saturated heterocycles. The van der Waals surface area contributed by atoms with Gasteiger partial charge in [-0.3, -0.25) is 0 Å². The molecule has 0 aliphatic heterocycles. The summed E-state index contributed by atoms with van der Waals surface area (Å²) in [4.78, 5) is 0. The van der Waals surface area contributed by atoms with Crippen LogP contribution in [0.5, 0.6) is 0 Å². The molecule has 0 bridgehead atoms. The van der Waals surface area contributed by atoms with E-state index in [-0.39, 0.29) is 6.10 Å². The predicted octanol–water partition coefficient (Wildman–Crippen LogP) is 7.72. The lowest BCUT2D eigenvalue weighted by Gasteiger charge is -2.44. The Morgan fingerprint density at radius 2 is 1.69 bits per heavy atom. The first-order chi connectivity index (χ1) is 13.7. The Hall–Kier alpha value is -0.820. The monoisotopic (exact) mass is 398 g/mol. The molecule has 0 spiro atoms. The smallest absolute Gasteiger partial charge is 0.0577 e. The third-order valence-electron chi connectivity index (χ3n) is 8.99. The fourth-order valence-corrected chi connectivity index (χ4v) is 6.50. The van der Waals surface area contributed by atoms with Gasteiger partial charge in [-0.1, -0.05) is 77.0 Å². The molecular weight excluding hydrogens is 352 g/mol. The Bertz CT molecular complexity index is 639. The molecular formula is C28H46O. The fraction of sp³-hybridized carbons (Fsp3) is 0.786. The van der Waals surface area contributed by atoms with E-state index in [1.54, 1.807) is 5.57 Å². The van der Waals surface area contributed by atoms with Crippen LogP contribution >= 0.6 is 0 Å². The van der Waals surface area contributed by atoms with Gasteiger partial charge in [0, 0.05) is 0 Å². The highest BCUT2D eigenvalue weighted by molar-refractivity contribution is 5.27. The Labute approximate surface area is 180 Å². The SMILES string of the molecule is CC1CCC(O)C/C1=C\C=C1/CCCC2(C)C1CCC2C(C)/C=C/C(C)C(C)C. The minimum absolute atomic E-state index is 0.121. The maximum absolute atomic E-state index is 10.1. The van der Waals surface area contributed by atoms with E-state index in [0.717, 1.165) is 37.0 Å². The van der Waals surface area contributed by atoms with Crippen molar-refractivity contribution in [1.82, 2.24) is 0 Å². The third-order valence-corrected chi connectivity index (χ3v) is 8.99. The number of aliphatic hydroxyl groups is 1. The van der Waals surface area contributed by atoms with Gasteiger partial charge in [0.25, 0.3) is 0 Å². The van der Waals surface area contributed by atoms with Crippen molar-refractivity contribution in [2.75, 3.05) is 0 Å². The van der Waals surface area contributed by atoms with E-state index in [4.69, 9.17) is 0 Å². The van der Waals surface area contributed by atoms with E-state index in [2.05, 4.69) is 65.8 Å². The summed E-state index contributed by atoms with van der Waals surface area (Å²) >= 11 is 0. The standard InChI is InChI=1S/C28H46O/c1-19(2)20(3)9-10-22(5)26-15-16-27-23(8-7-17-28(26,27)6)12-13-24-18-25(29)14-11-21(24)4/h9-10,12-13,19-22,25-27,29H,7-8,11,14-18H2,1-6H3/b10-9+,23-12+,24-13+.